The molecule has 3 N–H and O–H groups in total. The summed E-state index contributed by atoms with van der Waals surface area (Å²) in [6, 6.07) is 0. The van der Waals surface area contributed by atoms with E-state index in [-0.39, 0.29) is 11.4 Å². The number of amides is 1. The van der Waals surface area contributed by atoms with Crippen molar-refractivity contribution in [2.75, 3.05) is 12.3 Å². The van der Waals surface area contributed by atoms with Gasteiger partial charge in [0, 0.05) is 12.1 Å². The van der Waals surface area contributed by atoms with E-state index in [2.05, 4.69) is 20.8 Å². The summed E-state index contributed by atoms with van der Waals surface area (Å²) < 4.78 is 1.59. The molecule has 0 spiro atoms. The van der Waals surface area contributed by atoms with Crippen molar-refractivity contribution in [3.05, 3.63) is 0 Å². The molecule has 0 fully saturated rings. The van der Waals surface area contributed by atoms with Gasteiger partial charge >= 0.3 is 0 Å². The Morgan fingerprint density at radius 3 is 2.82 bits per heavy atom. The van der Waals surface area contributed by atoms with Crippen molar-refractivity contribution >= 4 is 17.7 Å². The van der Waals surface area contributed by atoms with Crippen LogP contribution in [0.3, 0.4) is 0 Å². The van der Waals surface area contributed by atoms with Crippen LogP contribution in [0.2, 0.25) is 0 Å². The fourth-order valence-corrected chi connectivity index (χ4v) is 1.85. The van der Waals surface area contributed by atoms with Crippen LogP contribution < -0.4 is 11.1 Å². The summed E-state index contributed by atoms with van der Waals surface area (Å²) in [5, 5.41) is 14.6. The average Bonchev–Trinajstić information content (AvgIpc) is 2.60. The Balaban J connectivity index is 2.44. The first-order valence-corrected chi connectivity index (χ1v) is 6.31. The fraction of sp³-hybridized carbons (Fsp3) is 0.778. The Hall–Kier alpha value is -1.15. The van der Waals surface area contributed by atoms with E-state index in [9.17, 15) is 4.79 Å². The van der Waals surface area contributed by atoms with E-state index in [0.717, 1.165) is 0 Å². The first-order valence-electron chi connectivity index (χ1n) is 5.32. The van der Waals surface area contributed by atoms with Crippen molar-refractivity contribution in [2.24, 2.45) is 5.73 Å². The second-order valence-corrected chi connectivity index (χ2v) is 5.50. The normalized spacial score (nSPS) is 11.5. The summed E-state index contributed by atoms with van der Waals surface area (Å²) in [6.07, 6.45) is 0. The van der Waals surface area contributed by atoms with Gasteiger partial charge in [0.1, 0.15) is 0 Å². The SMILES string of the molecule is CC(C)(C)NC(=O)CSc1nnnn1CCN. The number of hydrogen-bond donors (Lipinski definition) is 2. The molecule has 0 saturated carbocycles. The minimum atomic E-state index is -0.221. The van der Waals surface area contributed by atoms with Crippen LogP contribution in [0.15, 0.2) is 5.16 Å². The van der Waals surface area contributed by atoms with Gasteiger partial charge in [-0.2, -0.15) is 0 Å². The maximum atomic E-state index is 11.6. The molecule has 0 aromatic carbocycles. The number of tetrazole rings is 1. The molecule has 96 valence electrons. The highest BCUT2D eigenvalue weighted by Crippen LogP contribution is 2.13. The topological polar surface area (TPSA) is 98.7 Å². The molecule has 1 amide bonds. The van der Waals surface area contributed by atoms with Gasteiger partial charge in [-0.25, -0.2) is 4.68 Å². The number of nitrogens with one attached hydrogen (secondary N) is 1. The van der Waals surface area contributed by atoms with Crippen molar-refractivity contribution in [3.8, 4) is 0 Å². The number of nitrogens with zero attached hydrogens (tertiary/aromatic N) is 4. The first kappa shape index (κ1) is 13.9. The summed E-state index contributed by atoms with van der Waals surface area (Å²) in [7, 11) is 0. The van der Waals surface area contributed by atoms with Gasteiger partial charge in [-0.05, 0) is 31.2 Å². The molecule has 0 aliphatic rings. The van der Waals surface area contributed by atoms with E-state index >= 15 is 0 Å². The van der Waals surface area contributed by atoms with Gasteiger partial charge in [-0.1, -0.05) is 11.8 Å². The molecule has 1 rings (SSSR count). The molecule has 17 heavy (non-hydrogen) atoms. The molecule has 1 aromatic rings. The van der Waals surface area contributed by atoms with Gasteiger partial charge < -0.3 is 11.1 Å². The predicted molar refractivity (Wildman–Crippen MR) is 65.5 cm³/mol. The van der Waals surface area contributed by atoms with Crippen LogP contribution in [0.4, 0.5) is 0 Å². The van der Waals surface area contributed by atoms with E-state index in [0.29, 0.717) is 24.0 Å². The molecule has 0 bridgehead atoms. The monoisotopic (exact) mass is 258 g/mol. The molecule has 1 heterocycles. The number of thioether (sulfide) groups is 1. The molecular weight excluding hydrogens is 240 g/mol. The maximum absolute atomic E-state index is 11.6. The Morgan fingerprint density at radius 1 is 1.53 bits per heavy atom. The second kappa shape index (κ2) is 5.97. The lowest BCUT2D eigenvalue weighted by atomic mass is 10.1. The molecule has 1 aromatic heterocycles. The van der Waals surface area contributed by atoms with E-state index in [1.165, 1.54) is 11.8 Å². The van der Waals surface area contributed by atoms with Crippen LogP contribution in [0.25, 0.3) is 0 Å². The smallest absolute Gasteiger partial charge is 0.230 e. The van der Waals surface area contributed by atoms with Crippen LogP contribution in [-0.4, -0.2) is 44.0 Å². The van der Waals surface area contributed by atoms with E-state index in [1.54, 1.807) is 4.68 Å². The standard InChI is InChI=1S/C9H18N6OS/c1-9(2,3)11-7(16)6-17-8-12-13-14-15(8)5-4-10/h4-6,10H2,1-3H3,(H,11,16). The third kappa shape index (κ3) is 5.14. The van der Waals surface area contributed by atoms with Gasteiger partial charge in [0.15, 0.2) is 0 Å². The number of rotatable bonds is 5. The van der Waals surface area contributed by atoms with E-state index in [4.69, 9.17) is 5.73 Å². The van der Waals surface area contributed by atoms with Gasteiger partial charge in [-0.15, -0.1) is 5.10 Å². The quantitative estimate of drug-likeness (QED) is 0.700. The Morgan fingerprint density at radius 2 is 2.24 bits per heavy atom. The molecule has 8 heteroatoms. The Kier molecular flexibility index (Phi) is 4.88. The molecule has 7 nitrogen and oxygen atoms in total. The lowest BCUT2D eigenvalue weighted by Crippen LogP contribution is -2.41. The largest absolute Gasteiger partial charge is 0.351 e. The first-order chi connectivity index (χ1) is 7.92. The second-order valence-electron chi connectivity index (χ2n) is 4.56. The highest BCUT2D eigenvalue weighted by atomic mass is 32.2. The number of nitrogens with two attached hydrogens (primary N) is 1. The van der Waals surface area contributed by atoms with Crippen LogP contribution in [0.1, 0.15) is 20.8 Å². The number of hydrogen-bond acceptors (Lipinski definition) is 6. The van der Waals surface area contributed by atoms with Crippen molar-refractivity contribution in [1.29, 1.82) is 0 Å². The van der Waals surface area contributed by atoms with E-state index < -0.39 is 0 Å². The zero-order valence-electron chi connectivity index (χ0n) is 10.3. The third-order valence-electron chi connectivity index (χ3n) is 1.69. The number of carbonyl (C=O) groups excluding carboxylic acids is 1. The third-order valence-corrected chi connectivity index (χ3v) is 2.64. The fourth-order valence-electron chi connectivity index (χ4n) is 1.15. The summed E-state index contributed by atoms with van der Waals surface area (Å²) in [5.74, 6) is 0.257. The number of carbonyl (C=O) groups is 1. The molecule has 0 aliphatic heterocycles. The zero-order valence-corrected chi connectivity index (χ0v) is 11.1. The van der Waals surface area contributed by atoms with Crippen LogP contribution in [0.5, 0.6) is 0 Å². The van der Waals surface area contributed by atoms with Crippen molar-refractivity contribution in [2.45, 2.75) is 38.0 Å². The summed E-state index contributed by atoms with van der Waals surface area (Å²) in [6.45, 7) is 6.83. The van der Waals surface area contributed by atoms with Crippen molar-refractivity contribution in [3.63, 3.8) is 0 Å². The molecular formula is C9H18N6OS. The van der Waals surface area contributed by atoms with Gasteiger partial charge in [-0.3, -0.25) is 4.79 Å². The Bertz CT molecular complexity index is 372. The highest BCUT2D eigenvalue weighted by molar-refractivity contribution is 7.99. The van der Waals surface area contributed by atoms with Crippen molar-refractivity contribution in [1.82, 2.24) is 25.5 Å². The van der Waals surface area contributed by atoms with Gasteiger partial charge in [0.05, 0.1) is 12.3 Å². The molecule has 0 aliphatic carbocycles. The van der Waals surface area contributed by atoms with Crippen LogP contribution in [-0.2, 0) is 11.3 Å². The average molecular weight is 258 g/mol. The minimum absolute atomic E-state index is 0.0372. The van der Waals surface area contributed by atoms with Crippen LogP contribution in [0, 0.1) is 0 Å². The van der Waals surface area contributed by atoms with E-state index in [1.807, 2.05) is 20.8 Å². The molecule has 0 radical (unpaired) electrons. The molecule has 0 saturated heterocycles. The van der Waals surface area contributed by atoms with Gasteiger partial charge in [0.25, 0.3) is 0 Å². The zero-order chi connectivity index (χ0) is 12.9. The summed E-state index contributed by atoms with van der Waals surface area (Å²) >= 11 is 1.30. The lowest BCUT2D eigenvalue weighted by molar-refractivity contribution is -0.119. The lowest BCUT2D eigenvalue weighted by Gasteiger charge is -2.20. The molecule has 0 unspecified atom stereocenters. The summed E-state index contributed by atoms with van der Waals surface area (Å²) in [5.41, 5.74) is 5.20. The molecule has 0 atom stereocenters. The van der Waals surface area contributed by atoms with Crippen LogP contribution >= 0.6 is 11.8 Å². The Labute approximate surface area is 105 Å². The summed E-state index contributed by atoms with van der Waals surface area (Å²) in [4.78, 5) is 11.6. The highest BCUT2D eigenvalue weighted by Gasteiger charge is 2.15. The van der Waals surface area contributed by atoms with Crippen molar-refractivity contribution < 1.29 is 4.79 Å². The van der Waals surface area contributed by atoms with Gasteiger partial charge in [0.2, 0.25) is 11.1 Å². The maximum Gasteiger partial charge on any atom is 0.230 e. The predicted octanol–water partition coefficient (Wildman–Crippen LogP) is -0.361. The number of aromatic nitrogens is 4. The minimum Gasteiger partial charge on any atom is -0.351 e.